The van der Waals surface area contributed by atoms with E-state index in [1.54, 1.807) is 0 Å². The van der Waals surface area contributed by atoms with Crippen LogP contribution in [0.1, 0.15) is 39.5 Å². The van der Waals surface area contributed by atoms with Gasteiger partial charge in [-0.3, -0.25) is 0 Å². The number of hydrogen-bond acceptors (Lipinski definition) is 2. The van der Waals surface area contributed by atoms with E-state index in [1.807, 2.05) is 0 Å². The van der Waals surface area contributed by atoms with Crippen LogP contribution in [0.4, 0.5) is 0 Å². The summed E-state index contributed by atoms with van der Waals surface area (Å²) in [6.45, 7) is 5.97. The lowest BCUT2D eigenvalue weighted by atomic mass is 10.0. The fourth-order valence-electron chi connectivity index (χ4n) is 3.01. The molecule has 1 aliphatic carbocycles. The van der Waals surface area contributed by atoms with Crippen molar-refractivity contribution in [3.05, 3.63) is 0 Å². The Bertz CT molecular complexity index is 183. The van der Waals surface area contributed by atoms with Crippen LogP contribution in [0.15, 0.2) is 0 Å². The van der Waals surface area contributed by atoms with Crippen LogP contribution in [0.5, 0.6) is 0 Å². The summed E-state index contributed by atoms with van der Waals surface area (Å²) in [6.07, 6.45) is 5.59. The summed E-state index contributed by atoms with van der Waals surface area (Å²) in [5, 5.41) is 3.85. The van der Waals surface area contributed by atoms with Crippen LogP contribution in [0.25, 0.3) is 0 Å². The smallest absolute Gasteiger partial charge is 0.0212 e. The predicted molar refractivity (Wildman–Crippen MR) is 60.4 cm³/mol. The third kappa shape index (κ3) is 2.12. The minimum atomic E-state index is 0.751. The maximum absolute atomic E-state index is 3.85. The lowest BCUT2D eigenvalue weighted by Gasteiger charge is -2.22. The number of hydrogen-bond donors (Lipinski definition) is 1. The molecule has 4 unspecified atom stereocenters. The van der Waals surface area contributed by atoms with Crippen LogP contribution in [0.3, 0.4) is 0 Å². The van der Waals surface area contributed by atoms with E-state index in [4.69, 9.17) is 0 Å². The summed E-state index contributed by atoms with van der Waals surface area (Å²) in [5.41, 5.74) is 0. The van der Waals surface area contributed by atoms with E-state index in [2.05, 4.69) is 31.1 Å². The summed E-state index contributed by atoms with van der Waals surface area (Å²) in [7, 11) is 2.24. The second-order valence-electron chi connectivity index (χ2n) is 5.40. The van der Waals surface area contributed by atoms with E-state index in [0.29, 0.717) is 0 Å². The Morgan fingerprint density at radius 3 is 2.50 bits per heavy atom. The molecule has 0 spiro atoms. The molecule has 82 valence electrons. The average Bonchev–Trinajstić information content (AvgIpc) is 2.63. The van der Waals surface area contributed by atoms with Gasteiger partial charge in [-0.1, -0.05) is 13.3 Å². The number of likely N-dealkylation sites (tertiary alicyclic amines) is 1. The van der Waals surface area contributed by atoms with Gasteiger partial charge in [0.25, 0.3) is 0 Å². The molecule has 2 rings (SSSR count). The van der Waals surface area contributed by atoms with E-state index < -0.39 is 0 Å². The Kier molecular flexibility index (Phi) is 3.13. The Morgan fingerprint density at radius 2 is 2.00 bits per heavy atom. The zero-order valence-electron chi connectivity index (χ0n) is 9.79. The number of rotatable bonds is 2. The van der Waals surface area contributed by atoms with Gasteiger partial charge in [-0.15, -0.1) is 0 Å². The topological polar surface area (TPSA) is 15.3 Å². The monoisotopic (exact) mass is 196 g/mol. The molecule has 0 aromatic carbocycles. The van der Waals surface area contributed by atoms with Gasteiger partial charge in [0.15, 0.2) is 0 Å². The van der Waals surface area contributed by atoms with Crippen molar-refractivity contribution in [2.45, 2.75) is 57.7 Å². The highest BCUT2D eigenvalue weighted by Gasteiger charge is 2.30. The molecule has 2 heteroatoms. The molecule has 0 aromatic heterocycles. The van der Waals surface area contributed by atoms with Gasteiger partial charge in [0.1, 0.15) is 0 Å². The van der Waals surface area contributed by atoms with E-state index in [9.17, 15) is 0 Å². The minimum Gasteiger partial charge on any atom is -0.310 e. The van der Waals surface area contributed by atoms with Crippen LogP contribution in [-0.2, 0) is 0 Å². The molecule has 2 aliphatic rings. The molecule has 1 saturated carbocycles. The highest BCUT2D eigenvalue weighted by molar-refractivity contribution is 4.90. The fraction of sp³-hybridized carbons (Fsp3) is 1.00. The first-order chi connectivity index (χ1) is 6.66. The van der Waals surface area contributed by atoms with Gasteiger partial charge in [-0.25, -0.2) is 0 Å². The van der Waals surface area contributed by atoms with E-state index >= 15 is 0 Å². The first-order valence-corrected chi connectivity index (χ1v) is 6.13. The van der Waals surface area contributed by atoms with Crippen LogP contribution < -0.4 is 5.32 Å². The molecule has 1 heterocycles. The molecule has 2 nitrogen and oxygen atoms in total. The quantitative estimate of drug-likeness (QED) is 0.725. The summed E-state index contributed by atoms with van der Waals surface area (Å²) in [4.78, 5) is 2.47. The standard InChI is InChI=1S/C12H24N2/c1-9-5-4-6-12(9)13-11-7-10(2)14(3)8-11/h9-13H,4-8H2,1-3H3. The van der Waals surface area contributed by atoms with Gasteiger partial charge < -0.3 is 10.2 Å². The molecule has 0 amide bonds. The number of nitrogens with zero attached hydrogens (tertiary/aromatic N) is 1. The summed E-state index contributed by atoms with van der Waals surface area (Å²) in [6, 6.07) is 2.32. The van der Waals surface area contributed by atoms with Crippen molar-refractivity contribution in [2.24, 2.45) is 5.92 Å². The van der Waals surface area contributed by atoms with Gasteiger partial charge in [0.05, 0.1) is 0 Å². The number of nitrogens with one attached hydrogen (secondary N) is 1. The third-order valence-electron chi connectivity index (χ3n) is 4.20. The Hall–Kier alpha value is -0.0800. The maximum atomic E-state index is 3.85. The van der Waals surface area contributed by atoms with Crippen LogP contribution in [0, 0.1) is 5.92 Å². The second kappa shape index (κ2) is 4.19. The SMILES string of the molecule is CC1CCCC1NC1CC(C)N(C)C1. The van der Waals surface area contributed by atoms with Crippen LogP contribution in [-0.4, -0.2) is 36.6 Å². The van der Waals surface area contributed by atoms with Crippen molar-refractivity contribution >= 4 is 0 Å². The Labute approximate surface area is 88.1 Å². The van der Waals surface area contributed by atoms with E-state index in [0.717, 1.165) is 24.0 Å². The molecular weight excluding hydrogens is 172 g/mol. The zero-order chi connectivity index (χ0) is 10.1. The zero-order valence-corrected chi connectivity index (χ0v) is 9.79. The van der Waals surface area contributed by atoms with Gasteiger partial charge in [0, 0.05) is 24.7 Å². The van der Waals surface area contributed by atoms with Crippen molar-refractivity contribution in [3.63, 3.8) is 0 Å². The maximum Gasteiger partial charge on any atom is 0.0212 e. The lowest BCUT2D eigenvalue weighted by Crippen LogP contribution is -2.40. The number of likely N-dealkylation sites (N-methyl/N-ethyl adjacent to an activating group) is 1. The minimum absolute atomic E-state index is 0.751. The highest BCUT2D eigenvalue weighted by atomic mass is 15.2. The normalized spacial score (nSPS) is 44.8. The summed E-state index contributed by atoms with van der Waals surface area (Å²) in [5.74, 6) is 0.899. The molecule has 1 aliphatic heterocycles. The van der Waals surface area contributed by atoms with Crippen LogP contribution in [0.2, 0.25) is 0 Å². The van der Waals surface area contributed by atoms with Gasteiger partial charge in [-0.2, -0.15) is 0 Å². The van der Waals surface area contributed by atoms with Gasteiger partial charge in [0.2, 0.25) is 0 Å². The molecule has 14 heavy (non-hydrogen) atoms. The largest absolute Gasteiger partial charge is 0.310 e. The molecule has 1 N–H and O–H groups in total. The van der Waals surface area contributed by atoms with Crippen molar-refractivity contribution in [1.29, 1.82) is 0 Å². The Balaban J connectivity index is 1.81. The van der Waals surface area contributed by atoms with Crippen molar-refractivity contribution in [2.75, 3.05) is 13.6 Å². The average molecular weight is 196 g/mol. The van der Waals surface area contributed by atoms with E-state index in [-0.39, 0.29) is 0 Å². The van der Waals surface area contributed by atoms with Crippen molar-refractivity contribution in [1.82, 2.24) is 10.2 Å². The third-order valence-corrected chi connectivity index (χ3v) is 4.20. The van der Waals surface area contributed by atoms with E-state index in [1.165, 1.54) is 32.2 Å². The molecule has 2 fully saturated rings. The van der Waals surface area contributed by atoms with Crippen molar-refractivity contribution in [3.8, 4) is 0 Å². The fourth-order valence-corrected chi connectivity index (χ4v) is 3.01. The van der Waals surface area contributed by atoms with Gasteiger partial charge >= 0.3 is 0 Å². The molecule has 1 saturated heterocycles. The highest BCUT2D eigenvalue weighted by Crippen LogP contribution is 2.26. The molecule has 4 atom stereocenters. The summed E-state index contributed by atoms with van der Waals surface area (Å²) < 4.78 is 0. The first kappa shape index (κ1) is 10.4. The predicted octanol–water partition coefficient (Wildman–Crippen LogP) is 1.86. The molecule has 0 radical (unpaired) electrons. The molecule has 0 aromatic rings. The van der Waals surface area contributed by atoms with Crippen LogP contribution >= 0.6 is 0 Å². The first-order valence-electron chi connectivity index (χ1n) is 6.13. The second-order valence-corrected chi connectivity index (χ2v) is 5.40. The van der Waals surface area contributed by atoms with Gasteiger partial charge in [-0.05, 0) is 39.2 Å². The lowest BCUT2D eigenvalue weighted by molar-refractivity contribution is 0.320. The van der Waals surface area contributed by atoms with Crippen molar-refractivity contribution < 1.29 is 0 Å². The molecule has 0 bridgehead atoms. The summed E-state index contributed by atoms with van der Waals surface area (Å²) >= 11 is 0. The molecular formula is C12H24N2. The Morgan fingerprint density at radius 1 is 1.21 bits per heavy atom.